The second-order valence-corrected chi connectivity index (χ2v) is 9.85. The third kappa shape index (κ3) is 6.50. The zero-order valence-corrected chi connectivity index (χ0v) is 18.2. The highest BCUT2D eigenvalue weighted by molar-refractivity contribution is 7.91. The lowest BCUT2D eigenvalue weighted by Crippen LogP contribution is -2.47. The van der Waals surface area contributed by atoms with Crippen LogP contribution >= 0.6 is 0 Å². The maximum atomic E-state index is 11.6. The highest BCUT2D eigenvalue weighted by Gasteiger charge is 2.28. The lowest BCUT2D eigenvalue weighted by molar-refractivity contribution is 0.255. The number of nitrogens with one attached hydrogen (secondary N) is 2. The summed E-state index contributed by atoms with van der Waals surface area (Å²) in [6, 6.07) is 8.22. The van der Waals surface area contributed by atoms with E-state index in [-0.39, 0.29) is 17.5 Å². The molecule has 0 spiro atoms. The van der Waals surface area contributed by atoms with Crippen LogP contribution in [0.1, 0.15) is 12.8 Å². The third-order valence-corrected chi connectivity index (χ3v) is 7.32. The molecule has 2 heterocycles. The fourth-order valence-electron chi connectivity index (χ4n) is 3.83. The Balaban J connectivity index is 1.32. The van der Waals surface area contributed by atoms with Gasteiger partial charge in [0.05, 0.1) is 18.6 Å². The summed E-state index contributed by atoms with van der Waals surface area (Å²) in [5.41, 5.74) is 1.25. The molecule has 2 aliphatic heterocycles. The number of methoxy groups -OCH3 is 1. The number of rotatable bonds is 7. The monoisotopic (exact) mass is 423 g/mol. The van der Waals surface area contributed by atoms with Crippen LogP contribution in [0, 0.1) is 0 Å². The molecule has 2 aliphatic rings. The van der Waals surface area contributed by atoms with E-state index >= 15 is 0 Å². The number of sulfone groups is 1. The number of benzene rings is 1. The summed E-state index contributed by atoms with van der Waals surface area (Å²) in [4.78, 5) is 9.11. The highest BCUT2D eigenvalue weighted by Crippen LogP contribution is 2.20. The molecule has 8 nitrogen and oxygen atoms in total. The van der Waals surface area contributed by atoms with Crippen molar-refractivity contribution in [1.82, 2.24) is 15.5 Å². The number of nitrogens with zero attached hydrogens (tertiary/aromatic N) is 3. The SMILES string of the molecule is CN=C(NCCCN1CCN(c2ccc(OC)cc2)CC1)NC1CCS(=O)(=O)C1. The van der Waals surface area contributed by atoms with Gasteiger partial charge in [-0.2, -0.15) is 0 Å². The van der Waals surface area contributed by atoms with Crippen molar-refractivity contribution in [3.05, 3.63) is 24.3 Å². The zero-order chi connectivity index (χ0) is 20.7. The molecule has 0 saturated carbocycles. The Bertz CT molecular complexity index is 774. The molecule has 0 amide bonds. The molecular formula is C20H33N5O3S. The minimum absolute atomic E-state index is 0.0303. The van der Waals surface area contributed by atoms with E-state index in [1.807, 2.05) is 12.1 Å². The van der Waals surface area contributed by atoms with Crippen LogP contribution in [0.25, 0.3) is 0 Å². The lowest BCUT2D eigenvalue weighted by atomic mass is 10.2. The largest absolute Gasteiger partial charge is 0.497 e. The van der Waals surface area contributed by atoms with Crippen LogP contribution in [-0.4, -0.2) is 90.3 Å². The van der Waals surface area contributed by atoms with Crippen molar-refractivity contribution in [2.75, 3.05) is 69.8 Å². The predicted octanol–water partition coefficient (Wildman–Crippen LogP) is 0.559. The van der Waals surface area contributed by atoms with Gasteiger partial charge in [-0.05, 0) is 43.7 Å². The summed E-state index contributed by atoms with van der Waals surface area (Å²) in [7, 11) is 0.528. The minimum Gasteiger partial charge on any atom is -0.497 e. The molecule has 1 aromatic rings. The number of guanidine groups is 1. The topological polar surface area (TPSA) is 86.3 Å². The Morgan fingerprint density at radius 3 is 2.52 bits per heavy atom. The lowest BCUT2D eigenvalue weighted by Gasteiger charge is -2.36. The van der Waals surface area contributed by atoms with Crippen LogP contribution in [0.3, 0.4) is 0 Å². The molecule has 0 radical (unpaired) electrons. The highest BCUT2D eigenvalue weighted by atomic mass is 32.2. The summed E-state index contributed by atoms with van der Waals surface area (Å²) in [6.45, 7) is 6.02. The quantitative estimate of drug-likeness (QED) is 0.376. The number of hydrogen-bond acceptors (Lipinski definition) is 6. The van der Waals surface area contributed by atoms with E-state index in [0.29, 0.717) is 12.4 Å². The van der Waals surface area contributed by atoms with E-state index in [4.69, 9.17) is 4.74 Å². The second-order valence-electron chi connectivity index (χ2n) is 7.62. The number of anilines is 1. The van der Waals surface area contributed by atoms with Crippen LogP contribution in [0.15, 0.2) is 29.3 Å². The Kier molecular flexibility index (Phi) is 7.60. The average molecular weight is 424 g/mol. The van der Waals surface area contributed by atoms with Gasteiger partial charge in [-0.1, -0.05) is 0 Å². The molecule has 29 heavy (non-hydrogen) atoms. The van der Waals surface area contributed by atoms with Gasteiger partial charge in [0.1, 0.15) is 5.75 Å². The van der Waals surface area contributed by atoms with Crippen molar-refractivity contribution in [2.45, 2.75) is 18.9 Å². The molecule has 0 bridgehead atoms. The molecule has 2 N–H and O–H groups in total. The summed E-state index contributed by atoms with van der Waals surface area (Å²) < 4.78 is 28.4. The van der Waals surface area contributed by atoms with Crippen molar-refractivity contribution in [3.63, 3.8) is 0 Å². The Morgan fingerprint density at radius 2 is 1.93 bits per heavy atom. The summed E-state index contributed by atoms with van der Waals surface area (Å²) in [6.07, 6.45) is 1.67. The molecule has 2 saturated heterocycles. The number of ether oxygens (including phenoxy) is 1. The van der Waals surface area contributed by atoms with Gasteiger partial charge in [-0.25, -0.2) is 8.42 Å². The zero-order valence-electron chi connectivity index (χ0n) is 17.4. The van der Waals surface area contributed by atoms with E-state index in [1.165, 1.54) is 5.69 Å². The van der Waals surface area contributed by atoms with Crippen molar-refractivity contribution in [2.24, 2.45) is 4.99 Å². The maximum Gasteiger partial charge on any atom is 0.191 e. The van der Waals surface area contributed by atoms with Crippen LogP contribution in [0.5, 0.6) is 5.75 Å². The predicted molar refractivity (Wildman–Crippen MR) is 118 cm³/mol. The van der Waals surface area contributed by atoms with Gasteiger partial charge in [0, 0.05) is 51.5 Å². The number of piperazine rings is 1. The Labute approximate surface area is 174 Å². The summed E-state index contributed by atoms with van der Waals surface area (Å²) in [5, 5.41) is 6.53. The smallest absolute Gasteiger partial charge is 0.191 e. The maximum absolute atomic E-state index is 11.6. The average Bonchev–Trinajstić information content (AvgIpc) is 3.09. The van der Waals surface area contributed by atoms with Gasteiger partial charge < -0.3 is 20.3 Å². The first kappa shape index (κ1) is 21.7. The van der Waals surface area contributed by atoms with Crippen LogP contribution in [-0.2, 0) is 9.84 Å². The van der Waals surface area contributed by atoms with E-state index in [0.717, 1.165) is 51.4 Å². The molecule has 9 heteroatoms. The van der Waals surface area contributed by atoms with Gasteiger partial charge in [0.15, 0.2) is 15.8 Å². The van der Waals surface area contributed by atoms with Crippen LogP contribution in [0.4, 0.5) is 5.69 Å². The summed E-state index contributed by atoms with van der Waals surface area (Å²) >= 11 is 0. The fourth-order valence-corrected chi connectivity index (χ4v) is 5.50. The van der Waals surface area contributed by atoms with Gasteiger partial charge >= 0.3 is 0 Å². The molecule has 0 aliphatic carbocycles. The first-order valence-electron chi connectivity index (χ1n) is 10.3. The van der Waals surface area contributed by atoms with Crippen molar-refractivity contribution < 1.29 is 13.2 Å². The van der Waals surface area contributed by atoms with Gasteiger partial charge in [-0.3, -0.25) is 9.89 Å². The first-order chi connectivity index (χ1) is 14.0. The normalized spacial score (nSPS) is 22.5. The van der Waals surface area contributed by atoms with E-state index in [9.17, 15) is 8.42 Å². The van der Waals surface area contributed by atoms with E-state index in [2.05, 4.69) is 37.6 Å². The Morgan fingerprint density at radius 1 is 1.21 bits per heavy atom. The van der Waals surface area contributed by atoms with E-state index < -0.39 is 9.84 Å². The van der Waals surface area contributed by atoms with Crippen molar-refractivity contribution in [1.29, 1.82) is 0 Å². The van der Waals surface area contributed by atoms with Crippen LogP contribution in [0.2, 0.25) is 0 Å². The first-order valence-corrected chi connectivity index (χ1v) is 12.1. The van der Waals surface area contributed by atoms with Gasteiger partial charge in [0.25, 0.3) is 0 Å². The number of hydrogen-bond donors (Lipinski definition) is 2. The summed E-state index contributed by atoms with van der Waals surface area (Å²) in [5.74, 6) is 2.05. The van der Waals surface area contributed by atoms with Gasteiger partial charge in [0.2, 0.25) is 0 Å². The molecule has 2 fully saturated rings. The van der Waals surface area contributed by atoms with Crippen molar-refractivity contribution in [3.8, 4) is 5.75 Å². The second kappa shape index (κ2) is 10.2. The molecule has 0 aromatic heterocycles. The third-order valence-electron chi connectivity index (χ3n) is 5.55. The number of aliphatic imine (C=N–C) groups is 1. The molecule has 162 valence electrons. The molecule has 1 aromatic carbocycles. The molecule has 1 atom stereocenters. The minimum atomic E-state index is -2.88. The molecule has 3 rings (SSSR count). The van der Waals surface area contributed by atoms with Gasteiger partial charge in [-0.15, -0.1) is 0 Å². The standard InChI is InChI=1S/C20H33N5O3S/c1-21-20(23-17-8-15-29(26,27)16-17)22-9-3-10-24-11-13-25(14-12-24)18-4-6-19(28-2)7-5-18/h4-7,17H,3,8-16H2,1-2H3,(H2,21,22,23). The molecular weight excluding hydrogens is 390 g/mol. The fraction of sp³-hybridized carbons (Fsp3) is 0.650. The van der Waals surface area contributed by atoms with Crippen molar-refractivity contribution >= 4 is 21.5 Å². The van der Waals surface area contributed by atoms with Crippen LogP contribution < -0.4 is 20.3 Å². The molecule has 1 unspecified atom stereocenters. The van der Waals surface area contributed by atoms with E-state index in [1.54, 1.807) is 14.2 Å². The Hall–Kier alpha value is -2.00.